The highest BCUT2D eigenvalue weighted by molar-refractivity contribution is 5.96. The van der Waals surface area contributed by atoms with Gasteiger partial charge in [-0.3, -0.25) is 4.99 Å². The van der Waals surface area contributed by atoms with E-state index in [1.165, 1.54) is 62.7 Å². The summed E-state index contributed by atoms with van der Waals surface area (Å²) < 4.78 is 0. The number of nitrogens with zero attached hydrogens (tertiary/aromatic N) is 1. The van der Waals surface area contributed by atoms with Crippen molar-refractivity contribution in [2.24, 2.45) is 57.8 Å². The quantitative estimate of drug-likeness (QED) is 0.474. The summed E-state index contributed by atoms with van der Waals surface area (Å²) in [4.78, 5) is 4.53. The van der Waals surface area contributed by atoms with Crippen molar-refractivity contribution >= 4 is 5.71 Å². The van der Waals surface area contributed by atoms with Gasteiger partial charge in [-0.2, -0.15) is 0 Å². The van der Waals surface area contributed by atoms with Crippen molar-refractivity contribution in [3.05, 3.63) is 36.5 Å². The summed E-state index contributed by atoms with van der Waals surface area (Å²) >= 11 is 0. The molecule has 152 valence electrons. The molecule has 28 heavy (non-hydrogen) atoms. The molecule has 1 nitrogen and oxygen atoms in total. The molecule has 0 bridgehead atoms. The Kier molecular flexibility index (Phi) is 4.53. The molecule has 0 amide bonds. The van der Waals surface area contributed by atoms with Crippen LogP contribution in [0, 0.1) is 52.8 Å². The van der Waals surface area contributed by atoms with Gasteiger partial charge >= 0.3 is 0 Å². The number of hydrogen-bond acceptors (Lipinski definition) is 1. The van der Waals surface area contributed by atoms with Crippen LogP contribution in [-0.4, -0.2) is 12.8 Å². The summed E-state index contributed by atoms with van der Waals surface area (Å²) in [6.45, 7) is 13.4. The summed E-state index contributed by atoms with van der Waals surface area (Å²) in [7, 11) is 1.97. The van der Waals surface area contributed by atoms with Gasteiger partial charge in [-0.1, -0.05) is 44.2 Å². The van der Waals surface area contributed by atoms with Gasteiger partial charge in [0.15, 0.2) is 0 Å². The maximum absolute atomic E-state index is 4.53. The molecule has 0 aliphatic heterocycles. The van der Waals surface area contributed by atoms with Crippen molar-refractivity contribution in [2.45, 2.75) is 65.2 Å². The van der Waals surface area contributed by atoms with E-state index >= 15 is 0 Å². The molecule has 9 atom stereocenters. The molecule has 0 aromatic heterocycles. The Balaban J connectivity index is 1.48. The lowest BCUT2D eigenvalue weighted by atomic mass is 9.46. The van der Waals surface area contributed by atoms with Crippen molar-refractivity contribution in [1.29, 1.82) is 0 Å². The first-order valence-corrected chi connectivity index (χ1v) is 12.0. The summed E-state index contributed by atoms with van der Waals surface area (Å²) in [5, 5.41) is 0. The highest BCUT2D eigenvalue weighted by Gasteiger charge is 2.70. The van der Waals surface area contributed by atoms with Gasteiger partial charge in [0.1, 0.15) is 0 Å². The van der Waals surface area contributed by atoms with Crippen LogP contribution >= 0.6 is 0 Å². The smallest absolute Gasteiger partial charge is 0.0344 e. The van der Waals surface area contributed by atoms with E-state index < -0.39 is 0 Å². The summed E-state index contributed by atoms with van der Waals surface area (Å²) in [5.74, 6) is 7.52. The minimum atomic E-state index is 0.598. The third-order valence-corrected chi connectivity index (χ3v) is 10.1. The highest BCUT2D eigenvalue weighted by Crippen LogP contribution is 2.76. The Morgan fingerprint density at radius 1 is 1.29 bits per heavy atom. The lowest BCUT2D eigenvalue weighted by Crippen LogP contribution is -2.51. The SMILES string of the molecule is C=CC(=C)CC1C2CC2C2C3C(C)CC4=CC(=NC)CCC4C3CCC12CC. The molecule has 0 spiro atoms. The van der Waals surface area contributed by atoms with Crippen LogP contribution in [0.4, 0.5) is 0 Å². The van der Waals surface area contributed by atoms with Gasteiger partial charge in [-0.15, -0.1) is 0 Å². The van der Waals surface area contributed by atoms with Crippen molar-refractivity contribution in [2.75, 3.05) is 7.05 Å². The van der Waals surface area contributed by atoms with Gasteiger partial charge in [0.05, 0.1) is 0 Å². The molecule has 5 rings (SSSR count). The van der Waals surface area contributed by atoms with Gasteiger partial charge in [-0.25, -0.2) is 0 Å². The standard InChI is InChI=1S/C27H39N/c1-6-16(3)12-24-22-15-23(22)26-25-17(4)13-18-14-19(28-5)8-9-20(18)21(25)10-11-27(24,26)7-2/h6,14,17,20-26H,1,3,7-13,15H2,2,4-5H3. The van der Waals surface area contributed by atoms with E-state index in [2.05, 4.69) is 38.1 Å². The van der Waals surface area contributed by atoms with Gasteiger partial charge in [0, 0.05) is 12.8 Å². The van der Waals surface area contributed by atoms with Crippen LogP contribution < -0.4 is 0 Å². The van der Waals surface area contributed by atoms with Crippen LogP contribution in [0.5, 0.6) is 0 Å². The molecule has 9 unspecified atom stereocenters. The number of hydrogen-bond donors (Lipinski definition) is 0. The van der Waals surface area contributed by atoms with Crippen LogP contribution in [0.3, 0.4) is 0 Å². The second kappa shape index (κ2) is 6.71. The number of rotatable bonds is 4. The predicted molar refractivity (Wildman–Crippen MR) is 119 cm³/mol. The molecule has 0 N–H and O–H groups in total. The van der Waals surface area contributed by atoms with E-state index in [4.69, 9.17) is 0 Å². The number of aliphatic imine (C=N–C) groups is 1. The Morgan fingerprint density at radius 2 is 2.11 bits per heavy atom. The van der Waals surface area contributed by atoms with Crippen LogP contribution in [0.15, 0.2) is 41.4 Å². The van der Waals surface area contributed by atoms with Gasteiger partial charge in [0.2, 0.25) is 0 Å². The minimum absolute atomic E-state index is 0.598. The topological polar surface area (TPSA) is 12.4 Å². The average Bonchev–Trinajstić information content (AvgIpc) is 3.45. The summed E-state index contributed by atoms with van der Waals surface area (Å²) in [5.41, 5.74) is 4.99. The van der Waals surface area contributed by atoms with Crippen LogP contribution in [-0.2, 0) is 0 Å². The maximum Gasteiger partial charge on any atom is 0.0344 e. The zero-order valence-corrected chi connectivity index (χ0v) is 18.3. The molecule has 5 aliphatic rings. The minimum Gasteiger partial charge on any atom is -0.293 e. The van der Waals surface area contributed by atoms with E-state index in [-0.39, 0.29) is 0 Å². The summed E-state index contributed by atoms with van der Waals surface area (Å²) in [6.07, 6.45) is 15.5. The zero-order chi connectivity index (χ0) is 19.6. The fourth-order valence-corrected chi connectivity index (χ4v) is 9.03. The highest BCUT2D eigenvalue weighted by atomic mass is 14.7. The zero-order valence-electron chi connectivity index (χ0n) is 18.3. The maximum atomic E-state index is 4.53. The predicted octanol–water partition coefficient (Wildman–Crippen LogP) is 6.87. The first-order chi connectivity index (χ1) is 13.5. The molecule has 4 fully saturated rings. The fourth-order valence-electron chi connectivity index (χ4n) is 9.03. The van der Waals surface area contributed by atoms with E-state index in [1.807, 2.05) is 13.1 Å². The van der Waals surface area contributed by atoms with Gasteiger partial charge in [-0.05, 0) is 110 Å². The monoisotopic (exact) mass is 377 g/mol. The lowest BCUT2D eigenvalue weighted by molar-refractivity contribution is -0.0736. The number of fused-ring (bicyclic) bond motifs is 7. The van der Waals surface area contributed by atoms with Crippen molar-refractivity contribution < 1.29 is 0 Å². The van der Waals surface area contributed by atoms with Crippen molar-refractivity contribution in [3.8, 4) is 0 Å². The second-order valence-corrected chi connectivity index (χ2v) is 10.9. The van der Waals surface area contributed by atoms with E-state index in [9.17, 15) is 0 Å². The lowest BCUT2D eigenvalue weighted by Gasteiger charge is -2.58. The first-order valence-electron chi connectivity index (χ1n) is 12.0. The van der Waals surface area contributed by atoms with E-state index in [1.54, 1.807) is 5.57 Å². The normalized spacial score (nSPS) is 50.1. The largest absolute Gasteiger partial charge is 0.293 e. The Morgan fingerprint density at radius 3 is 2.82 bits per heavy atom. The Bertz CT molecular complexity index is 741. The molecule has 0 heterocycles. The molecule has 0 aromatic carbocycles. The van der Waals surface area contributed by atoms with E-state index in [0.717, 1.165) is 47.3 Å². The Hall–Kier alpha value is -1.11. The first kappa shape index (κ1) is 18.9. The molecular formula is C27H39N. The Labute approximate surface area is 172 Å². The molecule has 4 saturated carbocycles. The molecule has 0 radical (unpaired) electrons. The molecule has 1 heteroatoms. The second-order valence-electron chi connectivity index (χ2n) is 10.9. The van der Waals surface area contributed by atoms with Crippen molar-refractivity contribution in [1.82, 2.24) is 0 Å². The number of allylic oxidation sites excluding steroid dienone is 4. The summed E-state index contributed by atoms with van der Waals surface area (Å²) in [6, 6.07) is 0. The molecule has 5 aliphatic carbocycles. The molecular weight excluding hydrogens is 338 g/mol. The van der Waals surface area contributed by atoms with Crippen LogP contribution in [0.2, 0.25) is 0 Å². The van der Waals surface area contributed by atoms with Gasteiger partial charge < -0.3 is 0 Å². The van der Waals surface area contributed by atoms with Gasteiger partial charge in [0.25, 0.3) is 0 Å². The average molecular weight is 378 g/mol. The molecule has 0 saturated heterocycles. The third kappa shape index (κ3) is 2.53. The third-order valence-electron chi connectivity index (χ3n) is 10.1. The van der Waals surface area contributed by atoms with Crippen LogP contribution in [0.25, 0.3) is 0 Å². The van der Waals surface area contributed by atoms with Crippen molar-refractivity contribution in [3.63, 3.8) is 0 Å². The molecule has 0 aromatic rings. The van der Waals surface area contributed by atoms with Crippen LogP contribution in [0.1, 0.15) is 65.2 Å². The van der Waals surface area contributed by atoms with E-state index in [0.29, 0.717) is 5.41 Å². The fraction of sp³-hybridized carbons (Fsp3) is 0.741.